The topological polar surface area (TPSA) is 144 Å². The van der Waals surface area contributed by atoms with Gasteiger partial charge in [0.25, 0.3) is 0 Å². The number of aromatic hydroxyl groups is 3. The summed E-state index contributed by atoms with van der Waals surface area (Å²) in [6, 6.07) is 36.4. The molecular formula is C46H32N4O5. The smallest absolute Gasteiger partial charge is 0.337 e. The molecule has 5 N–H and O–H groups in total. The van der Waals surface area contributed by atoms with Gasteiger partial charge in [-0.25, -0.2) is 14.8 Å². The van der Waals surface area contributed by atoms with Crippen molar-refractivity contribution in [1.29, 1.82) is 0 Å². The standard InChI is InChI=1S/C46H32N4O5/c1-55-46(54)30-4-2-26(3-5-30)42-34-18-20-36(47-34)43(27-6-12-31(51)13-7-27)38-22-24-40(49-38)45(29-10-16-33(53)17-11-29)41-25-23-39(50-41)44(37-21-19-35(42)48-37)28-8-14-32(52)15-9-28/h2-25,47,50-53H,1H3. The van der Waals surface area contributed by atoms with E-state index in [2.05, 4.69) is 9.97 Å². The molecule has 266 valence electrons. The first-order valence-corrected chi connectivity index (χ1v) is 17.6. The molecule has 3 aromatic heterocycles. The summed E-state index contributed by atoms with van der Waals surface area (Å²) >= 11 is 0. The van der Waals surface area contributed by atoms with Crippen molar-refractivity contribution < 1.29 is 24.9 Å². The maximum atomic E-state index is 12.4. The molecule has 9 rings (SSSR count). The number of phenolic OH excluding ortho intramolecular Hbond substituents is 3. The zero-order valence-corrected chi connectivity index (χ0v) is 29.4. The second-order valence-corrected chi connectivity index (χ2v) is 13.2. The highest BCUT2D eigenvalue weighted by Gasteiger charge is 2.19. The first-order chi connectivity index (χ1) is 26.8. The summed E-state index contributed by atoms with van der Waals surface area (Å²) in [4.78, 5) is 30.2. The van der Waals surface area contributed by atoms with Crippen LogP contribution in [0, 0.1) is 0 Å². The predicted molar refractivity (Wildman–Crippen MR) is 217 cm³/mol. The molecular weight excluding hydrogens is 689 g/mol. The molecule has 0 unspecified atom stereocenters. The first kappa shape index (κ1) is 33.2. The number of esters is 1. The number of carbonyl (C=O) groups excluding carboxylic acids is 1. The molecule has 7 aromatic rings. The lowest BCUT2D eigenvalue weighted by Gasteiger charge is -2.07. The van der Waals surface area contributed by atoms with Crippen LogP contribution in [0.15, 0.2) is 121 Å². The van der Waals surface area contributed by atoms with E-state index in [-0.39, 0.29) is 17.2 Å². The van der Waals surface area contributed by atoms with Crippen molar-refractivity contribution in [1.82, 2.24) is 19.9 Å². The number of carbonyl (C=O) groups is 1. The number of ether oxygens (including phenoxy) is 1. The molecule has 8 bridgehead atoms. The molecule has 0 atom stereocenters. The summed E-state index contributed by atoms with van der Waals surface area (Å²) in [6.07, 6.45) is 7.92. The van der Waals surface area contributed by atoms with E-state index >= 15 is 0 Å². The quantitative estimate of drug-likeness (QED) is 0.111. The van der Waals surface area contributed by atoms with Crippen molar-refractivity contribution in [2.45, 2.75) is 0 Å². The van der Waals surface area contributed by atoms with E-state index in [0.29, 0.717) is 28.3 Å². The molecule has 9 nitrogen and oxygen atoms in total. The van der Waals surface area contributed by atoms with E-state index in [1.165, 1.54) is 7.11 Å². The van der Waals surface area contributed by atoms with Gasteiger partial charge in [-0.2, -0.15) is 0 Å². The van der Waals surface area contributed by atoms with Crippen molar-refractivity contribution in [3.8, 4) is 61.8 Å². The number of hydrogen-bond donors (Lipinski definition) is 5. The van der Waals surface area contributed by atoms with Gasteiger partial charge in [0.05, 0.1) is 35.4 Å². The van der Waals surface area contributed by atoms with Gasteiger partial charge in [0.2, 0.25) is 0 Å². The molecule has 0 radical (unpaired) electrons. The molecule has 2 aliphatic rings. The van der Waals surface area contributed by atoms with Crippen LogP contribution in [-0.2, 0) is 4.74 Å². The van der Waals surface area contributed by atoms with Gasteiger partial charge >= 0.3 is 5.97 Å². The summed E-state index contributed by atoms with van der Waals surface area (Å²) in [6.45, 7) is 0. The average molecular weight is 721 g/mol. The monoisotopic (exact) mass is 720 g/mol. The van der Waals surface area contributed by atoms with E-state index < -0.39 is 5.97 Å². The highest BCUT2D eigenvalue weighted by Crippen LogP contribution is 2.39. The number of nitrogens with zero attached hydrogens (tertiary/aromatic N) is 2. The molecule has 0 saturated carbocycles. The van der Waals surface area contributed by atoms with Gasteiger partial charge in [-0.1, -0.05) is 48.5 Å². The Morgan fingerprint density at radius 2 is 0.709 bits per heavy atom. The SMILES string of the molecule is COC(=O)c1ccc(-c2c3nc(c(-c4ccc(O)cc4)c4ccc([nH]4)c(-c4ccc(O)cc4)c4nc(c(-c5ccc(O)cc5)c5ccc2[nH]5)C=C4)C=C3)cc1. The third-order valence-electron chi connectivity index (χ3n) is 9.82. The fourth-order valence-corrected chi connectivity index (χ4v) is 7.20. The average Bonchev–Trinajstić information content (AvgIpc) is 4.05. The number of nitrogens with one attached hydrogen (secondary N) is 2. The Balaban J connectivity index is 1.44. The van der Waals surface area contributed by atoms with Crippen molar-refractivity contribution in [2.75, 3.05) is 7.11 Å². The van der Waals surface area contributed by atoms with Crippen LogP contribution in [0.2, 0.25) is 0 Å². The second kappa shape index (κ2) is 13.4. The summed E-state index contributed by atoms with van der Waals surface area (Å²) in [5.41, 5.74) is 13.0. The van der Waals surface area contributed by atoms with Crippen molar-refractivity contribution >= 4 is 52.3 Å². The number of aromatic nitrogens is 4. The van der Waals surface area contributed by atoms with Crippen molar-refractivity contribution in [2.24, 2.45) is 0 Å². The Hall–Kier alpha value is -7.65. The van der Waals surface area contributed by atoms with Gasteiger partial charge in [-0.3, -0.25) is 0 Å². The molecule has 0 spiro atoms. The number of methoxy groups -OCH3 is 1. The molecule has 0 aliphatic carbocycles. The number of rotatable bonds is 5. The molecule has 2 aliphatic heterocycles. The fourth-order valence-electron chi connectivity index (χ4n) is 7.20. The van der Waals surface area contributed by atoms with E-state index in [4.69, 9.17) is 14.7 Å². The molecule has 9 heteroatoms. The Labute approximate surface area is 314 Å². The first-order valence-electron chi connectivity index (χ1n) is 17.6. The Bertz CT molecular complexity index is 2820. The highest BCUT2D eigenvalue weighted by atomic mass is 16.5. The largest absolute Gasteiger partial charge is 0.508 e. The highest BCUT2D eigenvalue weighted by molar-refractivity contribution is 6.00. The van der Waals surface area contributed by atoms with Gasteiger partial charge < -0.3 is 30.0 Å². The van der Waals surface area contributed by atoms with Gasteiger partial charge in [-0.15, -0.1) is 0 Å². The van der Waals surface area contributed by atoms with Crippen LogP contribution < -0.4 is 0 Å². The van der Waals surface area contributed by atoms with Gasteiger partial charge in [0.15, 0.2) is 0 Å². The Morgan fingerprint density at radius 3 is 0.982 bits per heavy atom. The van der Waals surface area contributed by atoms with Crippen LogP contribution in [0.4, 0.5) is 0 Å². The van der Waals surface area contributed by atoms with E-state index in [0.717, 1.165) is 66.6 Å². The molecule has 0 amide bonds. The lowest BCUT2D eigenvalue weighted by Crippen LogP contribution is -2.00. The van der Waals surface area contributed by atoms with Crippen LogP contribution in [0.25, 0.3) is 90.9 Å². The maximum Gasteiger partial charge on any atom is 0.337 e. The zero-order chi connectivity index (χ0) is 37.6. The number of H-pyrrole nitrogens is 2. The summed E-state index contributed by atoms with van der Waals surface area (Å²) in [5, 5.41) is 30.6. The number of benzene rings is 4. The summed E-state index contributed by atoms with van der Waals surface area (Å²) in [7, 11) is 1.36. The zero-order valence-electron chi connectivity index (χ0n) is 29.4. The number of fused-ring (bicyclic) bond motifs is 8. The van der Waals surface area contributed by atoms with E-state index in [1.54, 1.807) is 48.5 Å². The van der Waals surface area contributed by atoms with Gasteiger partial charge in [0.1, 0.15) is 17.2 Å². The molecule has 0 fully saturated rings. The summed E-state index contributed by atoms with van der Waals surface area (Å²) < 4.78 is 4.96. The third kappa shape index (κ3) is 6.09. The van der Waals surface area contributed by atoms with E-state index in [1.807, 2.05) is 97.1 Å². The lowest BCUT2D eigenvalue weighted by molar-refractivity contribution is 0.0600. The van der Waals surface area contributed by atoms with Crippen molar-refractivity contribution in [3.05, 3.63) is 150 Å². The van der Waals surface area contributed by atoms with E-state index in [9.17, 15) is 20.1 Å². The Kier molecular flexibility index (Phi) is 8.09. The second-order valence-electron chi connectivity index (χ2n) is 13.2. The van der Waals surface area contributed by atoms with Gasteiger partial charge in [0, 0.05) is 44.3 Å². The molecule has 4 aromatic carbocycles. The third-order valence-corrected chi connectivity index (χ3v) is 9.82. The fraction of sp³-hybridized carbons (Fsp3) is 0.0217. The van der Waals surface area contributed by atoms with Crippen LogP contribution in [-0.4, -0.2) is 48.3 Å². The maximum absolute atomic E-state index is 12.4. The summed E-state index contributed by atoms with van der Waals surface area (Å²) in [5.74, 6) is 0.0327. The normalized spacial score (nSPS) is 11.9. The number of aromatic amines is 2. The van der Waals surface area contributed by atoms with Crippen molar-refractivity contribution in [3.63, 3.8) is 0 Å². The van der Waals surface area contributed by atoms with Crippen LogP contribution in [0.5, 0.6) is 17.2 Å². The minimum atomic E-state index is -0.426. The minimum absolute atomic E-state index is 0.152. The number of phenols is 3. The van der Waals surface area contributed by atoms with Crippen LogP contribution in [0.3, 0.4) is 0 Å². The van der Waals surface area contributed by atoms with Crippen LogP contribution in [0.1, 0.15) is 33.1 Å². The van der Waals surface area contributed by atoms with Gasteiger partial charge in [-0.05, 0) is 119 Å². The molecule has 55 heavy (non-hydrogen) atoms. The van der Waals surface area contributed by atoms with Crippen LogP contribution >= 0.6 is 0 Å². The minimum Gasteiger partial charge on any atom is -0.508 e. The number of hydrogen-bond acceptors (Lipinski definition) is 7. The molecule has 5 heterocycles. The predicted octanol–water partition coefficient (Wildman–Crippen LogP) is 10.2. The molecule has 0 saturated heterocycles. The lowest BCUT2D eigenvalue weighted by atomic mass is 10.0. The Morgan fingerprint density at radius 1 is 0.436 bits per heavy atom.